The van der Waals surface area contributed by atoms with Crippen molar-refractivity contribution in [2.75, 3.05) is 7.11 Å². The molecule has 2 nitrogen and oxygen atoms in total. The highest BCUT2D eigenvalue weighted by molar-refractivity contribution is 5.43. The van der Waals surface area contributed by atoms with Crippen molar-refractivity contribution in [2.24, 2.45) is 5.73 Å². The Kier molecular flexibility index (Phi) is 4.71. The van der Waals surface area contributed by atoms with E-state index in [1.165, 1.54) is 43.5 Å². The van der Waals surface area contributed by atoms with Gasteiger partial charge in [-0.2, -0.15) is 13.2 Å². The highest BCUT2D eigenvalue weighted by Gasteiger charge is 2.54. The molecule has 0 spiro atoms. The van der Waals surface area contributed by atoms with E-state index in [1.807, 2.05) is 13.8 Å². The maximum absolute atomic E-state index is 13.8. The summed E-state index contributed by atoms with van der Waals surface area (Å²) >= 11 is 0. The second kappa shape index (κ2) is 6.24. The summed E-state index contributed by atoms with van der Waals surface area (Å²) in [4.78, 5) is 0. The lowest BCUT2D eigenvalue weighted by Gasteiger charge is -2.33. The van der Waals surface area contributed by atoms with Crippen molar-refractivity contribution in [3.63, 3.8) is 0 Å². The van der Waals surface area contributed by atoms with Crippen LogP contribution in [-0.2, 0) is 5.54 Å². The lowest BCUT2D eigenvalue weighted by Crippen LogP contribution is -2.51. The van der Waals surface area contributed by atoms with Gasteiger partial charge < -0.3 is 10.5 Å². The average Bonchev–Trinajstić information content (AvgIpc) is 2.53. The molecule has 0 amide bonds. The van der Waals surface area contributed by atoms with Crippen molar-refractivity contribution in [2.45, 2.75) is 31.5 Å². The van der Waals surface area contributed by atoms with Crippen molar-refractivity contribution in [1.82, 2.24) is 0 Å². The van der Waals surface area contributed by atoms with Crippen molar-refractivity contribution >= 4 is 0 Å². The number of alkyl halides is 3. The molecule has 0 heterocycles. The third-order valence-electron chi connectivity index (χ3n) is 4.03. The van der Waals surface area contributed by atoms with Crippen LogP contribution < -0.4 is 10.5 Å². The second-order valence-corrected chi connectivity index (χ2v) is 5.81. The molecule has 1 atom stereocenters. The Bertz CT molecular complexity index is 647. The van der Waals surface area contributed by atoms with E-state index in [4.69, 9.17) is 10.5 Å². The molecule has 0 saturated heterocycles. The summed E-state index contributed by atoms with van der Waals surface area (Å²) in [5.41, 5.74) is 4.26. The zero-order chi connectivity index (χ0) is 17.3. The molecule has 0 fully saturated rings. The molecule has 0 aliphatic carbocycles. The van der Waals surface area contributed by atoms with Gasteiger partial charge in [0.15, 0.2) is 5.54 Å². The van der Waals surface area contributed by atoms with E-state index in [2.05, 4.69) is 0 Å². The molecule has 0 aliphatic heterocycles. The molecule has 2 N–H and O–H groups in total. The monoisotopic (exact) mass is 323 g/mol. The quantitative estimate of drug-likeness (QED) is 0.893. The number of methoxy groups -OCH3 is 1. The topological polar surface area (TPSA) is 35.2 Å². The smallest absolute Gasteiger partial charge is 0.414 e. The fourth-order valence-corrected chi connectivity index (χ4v) is 2.48. The van der Waals surface area contributed by atoms with E-state index < -0.39 is 11.7 Å². The number of hydrogen-bond donors (Lipinski definition) is 1. The standard InChI is InChI=1S/C18H20F3NO/c1-12(2)13-4-6-14(7-5-13)17(22,18(19,20)21)15-8-10-16(23-3)11-9-15/h4-12H,22H2,1-3H3. The predicted octanol–water partition coefficient (Wildman–Crippen LogP) is 4.58. The molecule has 0 bridgehead atoms. The fraction of sp³-hybridized carbons (Fsp3) is 0.333. The molecule has 0 saturated carbocycles. The van der Waals surface area contributed by atoms with Crippen LogP contribution in [0.25, 0.3) is 0 Å². The molecule has 2 aromatic rings. The zero-order valence-electron chi connectivity index (χ0n) is 13.3. The van der Waals surface area contributed by atoms with Gasteiger partial charge in [-0.3, -0.25) is 0 Å². The Hall–Kier alpha value is -2.01. The van der Waals surface area contributed by atoms with E-state index in [0.717, 1.165) is 5.56 Å². The minimum atomic E-state index is -4.62. The molecular weight excluding hydrogens is 303 g/mol. The van der Waals surface area contributed by atoms with Crippen LogP contribution in [0.4, 0.5) is 13.2 Å². The highest BCUT2D eigenvalue weighted by atomic mass is 19.4. The molecule has 0 radical (unpaired) electrons. The number of rotatable bonds is 4. The first-order valence-corrected chi connectivity index (χ1v) is 7.30. The SMILES string of the molecule is COc1ccc(C(N)(c2ccc(C(C)C)cc2)C(F)(F)F)cc1. The summed E-state index contributed by atoms with van der Waals surface area (Å²) in [7, 11) is 1.46. The first-order valence-electron chi connectivity index (χ1n) is 7.30. The maximum Gasteiger partial charge on any atom is 0.414 e. The molecule has 0 aliphatic rings. The van der Waals surface area contributed by atoms with Gasteiger partial charge in [-0.25, -0.2) is 0 Å². The van der Waals surface area contributed by atoms with Gasteiger partial charge in [0, 0.05) is 0 Å². The van der Waals surface area contributed by atoms with E-state index in [9.17, 15) is 13.2 Å². The van der Waals surface area contributed by atoms with Crippen LogP contribution >= 0.6 is 0 Å². The largest absolute Gasteiger partial charge is 0.497 e. The summed E-state index contributed by atoms with van der Waals surface area (Å²) in [5, 5.41) is 0. The third-order valence-corrected chi connectivity index (χ3v) is 4.03. The van der Waals surface area contributed by atoms with E-state index in [-0.39, 0.29) is 17.0 Å². The van der Waals surface area contributed by atoms with Gasteiger partial charge in [-0.1, -0.05) is 50.2 Å². The Balaban J connectivity index is 2.54. The van der Waals surface area contributed by atoms with Gasteiger partial charge in [-0.05, 0) is 34.7 Å². The van der Waals surface area contributed by atoms with Crippen LogP contribution in [0.5, 0.6) is 5.75 Å². The average molecular weight is 323 g/mol. The van der Waals surface area contributed by atoms with Crippen LogP contribution in [0.1, 0.15) is 36.5 Å². The van der Waals surface area contributed by atoms with Gasteiger partial charge >= 0.3 is 6.18 Å². The van der Waals surface area contributed by atoms with Crippen LogP contribution in [-0.4, -0.2) is 13.3 Å². The summed E-state index contributed by atoms with van der Waals surface area (Å²) in [6.07, 6.45) is -4.62. The van der Waals surface area contributed by atoms with Crippen molar-refractivity contribution in [1.29, 1.82) is 0 Å². The number of benzene rings is 2. The lowest BCUT2D eigenvalue weighted by molar-refractivity contribution is -0.176. The van der Waals surface area contributed by atoms with Crippen molar-refractivity contribution < 1.29 is 17.9 Å². The molecule has 1 unspecified atom stereocenters. The van der Waals surface area contributed by atoms with Crippen LogP contribution in [0, 0.1) is 0 Å². The molecule has 0 aromatic heterocycles. The predicted molar refractivity (Wildman–Crippen MR) is 84.5 cm³/mol. The van der Waals surface area contributed by atoms with Crippen molar-refractivity contribution in [3.05, 3.63) is 65.2 Å². The van der Waals surface area contributed by atoms with Gasteiger partial charge in [0.1, 0.15) is 5.75 Å². The number of ether oxygens (including phenoxy) is 1. The Morgan fingerprint density at radius 2 is 1.30 bits per heavy atom. The van der Waals surface area contributed by atoms with Crippen LogP contribution in [0.15, 0.2) is 48.5 Å². The summed E-state index contributed by atoms with van der Waals surface area (Å²) in [5.74, 6) is 0.719. The summed E-state index contributed by atoms with van der Waals surface area (Å²) in [6.45, 7) is 3.97. The Morgan fingerprint density at radius 3 is 1.65 bits per heavy atom. The third kappa shape index (κ3) is 3.20. The fourth-order valence-electron chi connectivity index (χ4n) is 2.48. The second-order valence-electron chi connectivity index (χ2n) is 5.81. The molecule has 124 valence electrons. The van der Waals surface area contributed by atoms with Crippen molar-refractivity contribution in [3.8, 4) is 5.75 Å². The van der Waals surface area contributed by atoms with Gasteiger partial charge in [0.2, 0.25) is 0 Å². The Labute approximate surface area is 134 Å². The van der Waals surface area contributed by atoms with Gasteiger partial charge in [-0.15, -0.1) is 0 Å². The van der Waals surface area contributed by atoms with Gasteiger partial charge in [0.25, 0.3) is 0 Å². The number of hydrogen-bond acceptors (Lipinski definition) is 2. The first kappa shape index (κ1) is 17.3. The van der Waals surface area contributed by atoms with Crippen LogP contribution in [0.3, 0.4) is 0 Å². The number of nitrogens with two attached hydrogens (primary N) is 1. The Morgan fingerprint density at radius 1 is 0.870 bits per heavy atom. The van der Waals surface area contributed by atoms with E-state index in [1.54, 1.807) is 12.1 Å². The highest BCUT2D eigenvalue weighted by Crippen LogP contribution is 2.42. The molecule has 2 aromatic carbocycles. The summed E-state index contributed by atoms with van der Waals surface area (Å²) in [6, 6.07) is 11.9. The molecular formula is C18H20F3NO. The summed E-state index contributed by atoms with van der Waals surface area (Å²) < 4.78 is 46.3. The molecule has 5 heteroatoms. The first-order chi connectivity index (χ1) is 10.7. The number of halogens is 3. The normalized spacial score (nSPS) is 14.6. The molecule has 23 heavy (non-hydrogen) atoms. The van der Waals surface area contributed by atoms with Crippen LogP contribution in [0.2, 0.25) is 0 Å². The molecule has 2 rings (SSSR count). The van der Waals surface area contributed by atoms with E-state index >= 15 is 0 Å². The lowest BCUT2D eigenvalue weighted by atomic mass is 9.82. The minimum Gasteiger partial charge on any atom is -0.497 e. The van der Waals surface area contributed by atoms with E-state index in [0.29, 0.717) is 5.75 Å². The minimum absolute atomic E-state index is 0.0135. The zero-order valence-corrected chi connectivity index (χ0v) is 13.3. The van der Waals surface area contributed by atoms with Gasteiger partial charge in [0.05, 0.1) is 7.11 Å². The maximum atomic E-state index is 13.8.